The van der Waals surface area contributed by atoms with Crippen molar-refractivity contribution in [3.05, 3.63) is 90.6 Å². The first-order chi connectivity index (χ1) is 16.4. The predicted molar refractivity (Wildman–Crippen MR) is 132 cm³/mol. The maximum atomic E-state index is 13.6. The van der Waals surface area contributed by atoms with Gasteiger partial charge in [0.2, 0.25) is 0 Å². The van der Waals surface area contributed by atoms with E-state index in [2.05, 4.69) is 5.32 Å². The maximum absolute atomic E-state index is 13.6. The fourth-order valence-electron chi connectivity index (χ4n) is 4.62. The van der Waals surface area contributed by atoms with Crippen LogP contribution in [-0.4, -0.2) is 35.5 Å². The van der Waals surface area contributed by atoms with Gasteiger partial charge in [-0.2, -0.15) is 0 Å². The van der Waals surface area contributed by atoms with Gasteiger partial charge in [-0.15, -0.1) is 0 Å². The zero-order valence-corrected chi connectivity index (χ0v) is 19.4. The van der Waals surface area contributed by atoms with Gasteiger partial charge in [0, 0.05) is 22.7 Å². The maximum Gasteiger partial charge on any atom is 0.268 e. The second-order valence-electron chi connectivity index (χ2n) is 8.68. The Morgan fingerprint density at radius 3 is 2.29 bits per heavy atom. The van der Waals surface area contributed by atoms with Crippen LogP contribution in [0.1, 0.15) is 36.0 Å². The average Bonchev–Trinajstić information content (AvgIpc) is 3.27. The molecular formula is C27H26N2O4S. The van der Waals surface area contributed by atoms with E-state index in [-0.39, 0.29) is 16.8 Å². The van der Waals surface area contributed by atoms with Crippen molar-refractivity contribution in [2.75, 3.05) is 0 Å². The van der Waals surface area contributed by atoms with Crippen LogP contribution in [0.15, 0.2) is 90.0 Å². The molecule has 0 saturated heterocycles. The minimum absolute atomic E-state index is 0.0992. The topological polar surface area (TPSA) is 88.4 Å². The van der Waals surface area contributed by atoms with Crippen molar-refractivity contribution in [2.24, 2.45) is 0 Å². The van der Waals surface area contributed by atoms with Crippen molar-refractivity contribution in [1.29, 1.82) is 0 Å². The number of fused-ring (bicyclic) bond motifs is 1. The molecular weight excluding hydrogens is 448 g/mol. The van der Waals surface area contributed by atoms with Gasteiger partial charge in [0.1, 0.15) is 0 Å². The molecule has 0 spiro atoms. The van der Waals surface area contributed by atoms with Gasteiger partial charge in [-0.25, -0.2) is 12.4 Å². The summed E-state index contributed by atoms with van der Waals surface area (Å²) in [5.41, 5.74) is 2.72. The highest BCUT2D eigenvalue weighted by Gasteiger charge is 2.26. The van der Waals surface area contributed by atoms with E-state index in [1.54, 1.807) is 12.3 Å². The smallest absolute Gasteiger partial charge is 0.268 e. The SMILES string of the molecule is O=C(NC1CCCCC1O)c1ccc(S(=O)(=O)n2cc(-c3ccccc3)c3ccccc32)cc1. The lowest BCUT2D eigenvalue weighted by atomic mass is 9.92. The number of aliphatic hydroxyl groups is 1. The second kappa shape index (κ2) is 9.08. The van der Waals surface area contributed by atoms with Crippen LogP contribution in [0.3, 0.4) is 0 Å². The Labute approximate surface area is 198 Å². The summed E-state index contributed by atoms with van der Waals surface area (Å²) in [6.45, 7) is 0. The molecule has 3 aromatic carbocycles. The molecule has 2 N–H and O–H groups in total. The normalized spacial score (nSPS) is 18.6. The Hall–Kier alpha value is -3.42. The van der Waals surface area contributed by atoms with Crippen LogP contribution < -0.4 is 5.32 Å². The summed E-state index contributed by atoms with van der Waals surface area (Å²) < 4.78 is 28.4. The van der Waals surface area contributed by atoms with Gasteiger partial charge in [-0.1, -0.05) is 61.4 Å². The summed E-state index contributed by atoms with van der Waals surface area (Å²) in [6, 6.07) is 22.8. The molecule has 1 heterocycles. The van der Waals surface area contributed by atoms with Crippen LogP contribution in [0.5, 0.6) is 0 Å². The lowest BCUT2D eigenvalue weighted by molar-refractivity contribution is 0.0717. The largest absolute Gasteiger partial charge is 0.391 e. The van der Waals surface area contributed by atoms with Crippen molar-refractivity contribution >= 4 is 26.8 Å². The van der Waals surface area contributed by atoms with E-state index in [4.69, 9.17) is 0 Å². The molecule has 1 aliphatic rings. The Bertz CT molecular complexity index is 1430. The molecule has 0 radical (unpaired) electrons. The number of benzene rings is 3. The average molecular weight is 475 g/mol. The molecule has 1 saturated carbocycles. The van der Waals surface area contributed by atoms with Gasteiger partial charge in [-0.05, 0) is 48.7 Å². The zero-order valence-electron chi connectivity index (χ0n) is 18.6. The Morgan fingerprint density at radius 1 is 0.882 bits per heavy atom. The van der Waals surface area contributed by atoms with Gasteiger partial charge in [0.05, 0.1) is 22.6 Å². The quantitative estimate of drug-likeness (QED) is 0.443. The van der Waals surface area contributed by atoms with Gasteiger partial charge < -0.3 is 10.4 Å². The molecule has 7 heteroatoms. The highest BCUT2D eigenvalue weighted by molar-refractivity contribution is 7.90. The Balaban J connectivity index is 1.46. The third-order valence-electron chi connectivity index (χ3n) is 6.48. The predicted octanol–water partition coefficient (Wildman–Crippen LogP) is 4.58. The molecule has 4 aromatic rings. The van der Waals surface area contributed by atoms with Crippen LogP contribution in [0.2, 0.25) is 0 Å². The Kier molecular flexibility index (Phi) is 5.98. The third-order valence-corrected chi connectivity index (χ3v) is 8.17. The first-order valence-electron chi connectivity index (χ1n) is 11.5. The van der Waals surface area contributed by atoms with Crippen LogP contribution in [0.4, 0.5) is 0 Å². The number of amides is 1. The summed E-state index contributed by atoms with van der Waals surface area (Å²) in [6.07, 6.45) is 4.45. The molecule has 5 rings (SSSR count). The molecule has 1 amide bonds. The molecule has 34 heavy (non-hydrogen) atoms. The number of hydrogen-bond acceptors (Lipinski definition) is 4. The molecule has 1 aliphatic carbocycles. The number of carbonyl (C=O) groups excluding carboxylic acids is 1. The van der Waals surface area contributed by atoms with E-state index >= 15 is 0 Å². The molecule has 0 bridgehead atoms. The first kappa shape index (κ1) is 22.4. The van der Waals surface area contributed by atoms with Gasteiger partial charge >= 0.3 is 0 Å². The number of hydrogen-bond donors (Lipinski definition) is 2. The van der Waals surface area contributed by atoms with Gasteiger partial charge in [0.15, 0.2) is 0 Å². The minimum Gasteiger partial charge on any atom is -0.391 e. The molecule has 6 nitrogen and oxygen atoms in total. The van der Waals surface area contributed by atoms with Crippen LogP contribution >= 0.6 is 0 Å². The number of carbonyl (C=O) groups is 1. The fourth-order valence-corrected chi connectivity index (χ4v) is 5.99. The molecule has 2 atom stereocenters. The van der Waals surface area contributed by atoms with E-state index in [1.807, 2.05) is 48.5 Å². The van der Waals surface area contributed by atoms with Crippen molar-refractivity contribution in [2.45, 2.75) is 42.7 Å². The van der Waals surface area contributed by atoms with Crippen molar-refractivity contribution in [1.82, 2.24) is 9.29 Å². The van der Waals surface area contributed by atoms with Crippen molar-refractivity contribution in [3.63, 3.8) is 0 Å². The number of aromatic nitrogens is 1. The van der Waals surface area contributed by atoms with E-state index in [1.165, 1.54) is 28.2 Å². The third kappa shape index (κ3) is 4.13. The van der Waals surface area contributed by atoms with E-state index in [0.29, 0.717) is 17.5 Å². The monoisotopic (exact) mass is 474 g/mol. The van der Waals surface area contributed by atoms with Crippen molar-refractivity contribution < 1.29 is 18.3 Å². The number of aliphatic hydroxyl groups excluding tert-OH is 1. The minimum atomic E-state index is -3.89. The zero-order chi connectivity index (χ0) is 23.7. The van der Waals surface area contributed by atoms with Crippen LogP contribution in [-0.2, 0) is 10.0 Å². The molecule has 174 valence electrons. The first-order valence-corrected chi connectivity index (χ1v) is 12.9. The standard InChI is InChI=1S/C27H26N2O4S/c30-26-13-7-5-11-24(26)28-27(31)20-14-16-21(17-15-20)34(32,33)29-18-23(19-8-2-1-3-9-19)22-10-4-6-12-25(22)29/h1-4,6,8-10,12,14-18,24,26,30H,5,7,11,13H2,(H,28,31). The second-order valence-corrected chi connectivity index (χ2v) is 10.5. The summed E-state index contributed by atoms with van der Waals surface area (Å²) in [7, 11) is -3.89. The summed E-state index contributed by atoms with van der Waals surface area (Å²) in [5.74, 6) is -0.312. The summed E-state index contributed by atoms with van der Waals surface area (Å²) >= 11 is 0. The van der Waals surface area contributed by atoms with E-state index in [0.717, 1.165) is 35.8 Å². The van der Waals surface area contributed by atoms with E-state index < -0.39 is 16.1 Å². The van der Waals surface area contributed by atoms with Crippen LogP contribution in [0.25, 0.3) is 22.0 Å². The lowest BCUT2D eigenvalue weighted by Gasteiger charge is -2.28. The summed E-state index contributed by atoms with van der Waals surface area (Å²) in [5, 5.41) is 13.8. The van der Waals surface area contributed by atoms with Gasteiger partial charge in [0.25, 0.3) is 15.9 Å². The fraction of sp³-hybridized carbons (Fsp3) is 0.222. The highest BCUT2D eigenvalue weighted by Crippen LogP contribution is 2.33. The number of para-hydroxylation sites is 1. The van der Waals surface area contributed by atoms with Gasteiger partial charge in [-0.3, -0.25) is 4.79 Å². The van der Waals surface area contributed by atoms with Crippen molar-refractivity contribution in [3.8, 4) is 11.1 Å². The molecule has 1 aromatic heterocycles. The number of nitrogens with zero attached hydrogens (tertiary/aromatic N) is 1. The molecule has 2 unspecified atom stereocenters. The molecule has 0 aliphatic heterocycles. The Morgan fingerprint density at radius 2 is 1.56 bits per heavy atom. The lowest BCUT2D eigenvalue weighted by Crippen LogP contribution is -2.45. The van der Waals surface area contributed by atoms with Crippen LogP contribution in [0, 0.1) is 0 Å². The summed E-state index contributed by atoms with van der Waals surface area (Å²) in [4.78, 5) is 12.7. The number of nitrogens with one attached hydrogen (secondary N) is 1. The van der Waals surface area contributed by atoms with E-state index in [9.17, 15) is 18.3 Å². The molecule has 1 fully saturated rings. The number of rotatable bonds is 5. The highest BCUT2D eigenvalue weighted by atomic mass is 32.2.